The summed E-state index contributed by atoms with van der Waals surface area (Å²) < 4.78 is 5.45. The quantitative estimate of drug-likeness (QED) is 0.426. The minimum atomic E-state index is 0.795. The average Bonchev–Trinajstić information content (AvgIpc) is 2.14. The molecule has 0 spiro atoms. The number of hydrogen-bond donors (Lipinski definition) is 0. The summed E-state index contributed by atoms with van der Waals surface area (Å²) >= 11 is 3.38. The predicted octanol–water partition coefficient (Wildman–Crippen LogP) is 3.73. The molecule has 1 nitrogen and oxygen atoms in total. The molecule has 12 heavy (non-hydrogen) atoms. The molecule has 0 atom stereocenters. The Morgan fingerprint density at radius 3 is 3.00 bits per heavy atom. The molecule has 4 heteroatoms. The predicted molar refractivity (Wildman–Crippen MR) is 60.1 cm³/mol. The van der Waals surface area contributed by atoms with E-state index in [4.69, 9.17) is 4.74 Å². The Bertz CT molecular complexity index is 180. The third-order valence-electron chi connectivity index (χ3n) is 1.25. The first kappa shape index (κ1) is 10.5. The summed E-state index contributed by atoms with van der Waals surface area (Å²) in [6.07, 6.45) is 5.31. The molecule has 0 fully saturated rings. The van der Waals surface area contributed by atoms with Crippen molar-refractivity contribution >= 4 is 37.5 Å². The zero-order chi connectivity index (χ0) is 8.65. The van der Waals surface area contributed by atoms with Crippen molar-refractivity contribution in [2.24, 2.45) is 0 Å². The van der Waals surface area contributed by atoms with Crippen molar-refractivity contribution in [3.05, 3.63) is 22.7 Å². The van der Waals surface area contributed by atoms with Crippen molar-refractivity contribution < 1.29 is 4.74 Å². The molecule has 0 amide bonds. The first-order valence-corrected chi connectivity index (χ1v) is 7.12. The van der Waals surface area contributed by atoms with Crippen molar-refractivity contribution in [2.75, 3.05) is 11.9 Å². The van der Waals surface area contributed by atoms with E-state index in [9.17, 15) is 0 Å². The zero-order valence-corrected chi connectivity index (χ0v) is 9.80. The van der Waals surface area contributed by atoms with Crippen molar-refractivity contribution in [1.82, 2.24) is 0 Å². The van der Waals surface area contributed by atoms with Gasteiger partial charge in [-0.15, -0.1) is 0 Å². The molecule has 67 valence electrons. The minimum absolute atomic E-state index is 0.795. The number of unbranched alkanes of at least 4 members (excludes halogenated alkanes) is 1. The van der Waals surface area contributed by atoms with Gasteiger partial charge in [0.25, 0.3) is 0 Å². The Kier molecular flexibility index (Phi) is 6.08. The van der Waals surface area contributed by atoms with Crippen molar-refractivity contribution in [3.63, 3.8) is 0 Å². The molecule has 0 aliphatic carbocycles. The summed E-state index contributed by atoms with van der Waals surface area (Å²) in [4.78, 5) is 0. The number of allylic oxidation sites excluding steroid dienone is 1. The molecule has 0 saturated carbocycles. The van der Waals surface area contributed by atoms with Gasteiger partial charge >= 0.3 is 0 Å². The lowest BCUT2D eigenvalue weighted by Crippen LogP contribution is -1.94. The van der Waals surface area contributed by atoms with Gasteiger partial charge in [0.2, 0.25) is 0 Å². The second kappa shape index (κ2) is 6.92. The molecule has 0 bridgehead atoms. The highest BCUT2D eigenvalue weighted by atomic mass is 79.9. The van der Waals surface area contributed by atoms with Gasteiger partial charge < -0.3 is 4.74 Å². The molecule has 0 aromatic rings. The molecule has 0 N–H and O–H groups in total. The number of halogens is 1. The van der Waals surface area contributed by atoms with Crippen molar-refractivity contribution in [3.8, 4) is 0 Å². The van der Waals surface area contributed by atoms with Crippen LogP contribution in [0.5, 0.6) is 0 Å². The van der Waals surface area contributed by atoms with E-state index in [1.54, 1.807) is 21.6 Å². The van der Waals surface area contributed by atoms with Gasteiger partial charge in [-0.25, -0.2) is 0 Å². The second-order valence-electron chi connectivity index (χ2n) is 2.18. The Hall–Kier alpha value is 0.460. The van der Waals surface area contributed by atoms with Crippen LogP contribution in [-0.2, 0) is 4.74 Å². The van der Waals surface area contributed by atoms with Crippen molar-refractivity contribution in [1.29, 1.82) is 0 Å². The first-order valence-electron chi connectivity index (χ1n) is 3.73. The second-order valence-corrected chi connectivity index (χ2v) is 4.99. The van der Waals surface area contributed by atoms with E-state index in [0.29, 0.717) is 0 Å². The van der Waals surface area contributed by atoms with Gasteiger partial charge in [-0.3, -0.25) is 0 Å². The van der Waals surface area contributed by atoms with Gasteiger partial charge in [-0.2, -0.15) is 0 Å². The van der Waals surface area contributed by atoms with Gasteiger partial charge in [0, 0.05) is 16.8 Å². The summed E-state index contributed by atoms with van der Waals surface area (Å²) in [5, 5.41) is 4.96. The van der Waals surface area contributed by atoms with Gasteiger partial charge in [-0.05, 0) is 18.2 Å². The molecule has 1 aliphatic rings. The maximum absolute atomic E-state index is 5.45. The summed E-state index contributed by atoms with van der Waals surface area (Å²) in [5.41, 5.74) is 0. The fraction of sp³-hybridized carbons (Fsp3) is 0.500. The molecule has 0 saturated heterocycles. The highest BCUT2D eigenvalue weighted by Gasteiger charge is 1.98. The van der Waals surface area contributed by atoms with E-state index in [1.165, 1.54) is 6.42 Å². The van der Waals surface area contributed by atoms with E-state index < -0.39 is 0 Å². The van der Waals surface area contributed by atoms with E-state index >= 15 is 0 Å². The topological polar surface area (TPSA) is 9.23 Å². The van der Waals surface area contributed by atoms with Crippen LogP contribution < -0.4 is 0 Å². The number of alkyl halides is 1. The van der Waals surface area contributed by atoms with Crippen LogP contribution in [0.15, 0.2) is 16.6 Å². The molecule has 1 rings (SSSR count). The van der Waals surface area contributed by atoms with E-state index in [0.717, 1.165) is 24.1 Å². The molecule has 1 aliphatic heterocycles. The molecular formula is C8H10BrOS2. The summed E-state index contributed by atoms with van der Waals surface area (Å²) in [5.74, 6) is 0.869. The van der Waals surface area contributed by atoms with Crippen LogP contribution in [0.4, 0.5) is 0 Å². The first-order chi connectivity index (χ1) is 5.93. The van der Waals surface area contributed by atoms with Crippen LogP contribution in [0, 0.1) is 6.08 Å². The van der Waals surface area contributed by atoms with E-state index in [1.807, 2.05) is 10.8 Å². The zero-order valence-electron chi connectivity index (χ0n) is 6.59. The lowest BCUT2D eigenvalue weighted by molar-refractivity contribution is 0.218. The number of ether oxygens (including phenoxy) is 1. The fourth-order valence-corrected chi connectivity index (χ4v) is 2.30. The number of rotatable bonds is 5. The van der Waals surface area contributed by atoms with Crippen LogP contribution >= 0.6 is 37.5 Å². The van der Waals surface area contributed by atoms with Crippen LogP contribution in [0.25, 0.3) is 0 Å². The van der Waals surface area contributed by atoms with Crippen LogP contribution in [0.2, 0.25) is 0 Å². The number of hydrogen-bond acceptors (Lipinski definition) is 3. The van der Waals surface area contributed by atoms with Gasteiger partial charge in [0.1, 0.15) is 5.76 Å². The summed E-state index contributed by atoms with van der Waals surface area (Å²) in [7, 11) is 3.33. The normalized spacial score (nSPS) is 15.9. The largest absolute Gasteiger partial charge is 0.492 e. The van der Waals surface area contributed by atoms with Gasteiger partial charge in [0.05, 0.1) is 6.61 Å². The molecule has 1 radical (unpaired) electrons. The maximum Gasteiger partial charge on any atom is 0.134 e. The van der Waals surface area contributed by atoms with E-state index in [-0.39, 0.29) is 0 Å². The van der Waals surface area contributed by atoms with Crippen molar-refractivity contribution in [2.45, 2.75) is 12.8 Å². The minimum Gasteiger partial charge on any atom is -0.492 e. The monoisotopic (exact) mass is 265 g/mol. The average molecular weight is 266 g/mol. The van der Waals surface area contributed by atoms with Gasteiger partial charge in [0.15, 0.2) is 0 Å². The Labute approximate surface area is 89.5 Å². The van der Waals surface area contributed by atoms with Crippen LogP contribution in [0.1, 0.15) is 12.8 Å². The third kappa shape index (κ3) is 4.48. The lowest BCUT2D eigenvalue weighted by atomic mass is 10.4. The maximum atomic E-state index is 5.45. The molecule has 0 unspecified atom stereocenters. The molecule has 0 aromatic heterocycles. The molecular weight excluding hydrogens is 256 g/mol. The smallest absolute Gasteiger partial charge is 0.134 e. The van der Waals surface area contributed by atoms with Crippen LogP contribution in [-0.4, -0.2) is 11.9 Å². The fourth-order valence-electron chi connectivity index (χ4n) is 0.670. The molecule has 0 aromatic carbocycles. The molecule has 1 heterocycles. The summed E-state index contributed by atoms with van der Waals surface area (Å²) in [6.45, 7) is 0.795. The highest BCUT2D eigenvalue weighted by Crippen LogP contribution is 2.30. The lowest BCUT2D eigenvalue weighted by Gasteiger charge is -2.07. The van der Waals surface area contributed by atoms with Gasteiger partial charge in [-0.1, -0.05) is 37.5 Å². The third-order valence-corrected chi connectivity index (χ3v) is 3.35. The highest BCUT2D eigenvalue weighted by molar-refractivity contribution is 9.09. The Balaban J connectivity index is 2.06. The Morgan fingerprint density at radius 2 is 2.33 bits per heavy atom. The summed E-state index contributed by atoms with van der Waals surface area (Å²) in [6, 6.07) is 0. The van der Waals surface area contributed by atoms with E-state index in [2.05, 4.69) is 22.0 Å². The Morgan fingerprint density at radius 1 is 1.42 bits per heavy atom. The standard InChI is InChI=1S/C8H10BrOS2/c9-4-1-2-5-10-8-3-6-11-12-7-8/h6-7H,1-2,4-5H2. The SMILES string of the molecule is BrCCCCOC1=CSSC=[C]1. The van der Waals surface area contributed by atoms with Crippen LogP contribution in [0.3, 0.4) is 0 Å².